The first-order chi connectivity index (χ1) is 6.15. The fraction of sp³-hybridized carbons (Fsp3) is 0. The van der Waals surface area contributed by atoms with Gasteiger partial charge in [-0.05, 0) is 17.7 Å². The van der Waals surface area contributed by atoms with Gasteiger partial charge in [0.2, 0.25) is 0 Å². The lowest BCUT2D eigenvalue weighted by Gasteiger charge is -1.99. The van der Waals surface area contributed by atoms with Crippen LogP contribution in [0.15, 0.2) is 29.8 Å². The van der Waals surface area contributed by atoms with Crippen molar-refractivity contribution in [1.29, 1.82) is 0 Å². The second-order valence-electron chi connectivity index (χ2n) is 2.33. The van der Waals surface area contributed by atoms with Crippen molar-refractivity contribution in [3.8, 4) is 0 Å². The number of halogens is 2. The van der Waals surface area contributed by atoms with Crippen LogP contribution in [0.5, 0.6) is 0 Å². The van der Waals surface area contributed by atoms with Crippen molar-refractivity contribution >= 4 is 23.1 Å². The van der Waals surface area contributed by atoms with Crippen LogP contribution in [0.4, 0.5) is 4.39 Å². The fourth-order valence-corrected chi connectivity index (χ4v) is 1.08. The van der Waals surface area contributed by atoms with Crippen LogP contribution in [-0.4, -0.2) is 11.1 Å². The molecule has 1 rings (SSSR count). The first-order valence-electron chi connectivity index (χ1n) is 3.44. The Morgan fingerprint density at radius 2 is 1.92 bits per heavy atom. The number of benzene rings is 1. The zero-order chi connectivity index (χ0) is 9.84. The Morgan fingerprint density at radius 3 is 2.31 bits per heavy atom. The van der Waals surface area contributed by atoms with E-state index in [2.05, 4.69) is 0 Å². The molecule has 0 aliphatic heterocycles. The van der Waals surface area contributed by atoms with E-state index in [9.17, 15) is 9.18 Å². The van der Waals surface area contributed by atoms with E-state index >= 15 is 0 Å². The summed E-state index contributed by atoms with van der Waals surface area (Å²) in [5.41, 5.74) is 1.28. The van der Waals surface area contributed by atoms with Crippen molar-refractivity contribution in [1.82, 2.24) is 0 Å². The molecule has 0 amide bonds. The SMILES string of the molecule is O=C(O)/C(=C/Cl)c1ccc(F)cc1. The number of carboxylic acid groups (broad SMARTS) is 1. The number of hydrogen-bond acceptors (Lipinski definition) is 1. The van der Waals surface area contributed by atoms with Crippen molar-refractivity contribution in [2.75, 3.05) is 0 Å². The lowest BCUT2D eigenvalue weighted by atomic mass is 10.1. The molecular formula is C9H6ClFO2. The van der Waals surface area contributed by atoms with Gasteiger partial charge in [0.1, 0.15) is 5.82 Å². The Bertz CT molecular complexity index is 343. The van der Waals surface area contributed by atoms with E-state index in [1.54, 1.807) is 0 Å². The van der Waals surface area contributed by atoms with Crippen molar-refractivity contribution in [3.05, 3.63) is 41.2 Å². The maximum absolute atomic E-state index is 12.5. The number of carboxylic acids is 1. The van der Waals surface area contributed by atoms with E-state index in [1.165, 1.54) is 24.3 Å². The standard InChI is InChI=1S/C9H6ClFO2/c10-5-8(9(12)13)6-1-3-7(11)4-2-6/h1-5H,(H,12,13)/b8-5+. The molecule has 0 saturated heterocycles. The molecule has 1 aromatic rings. The summed E-state index contributed by atoms with van der Waals surface area (Å²) in [6, 6.07) is 5.08. The molecule has 0 heterocycles. The Labute approximate surface area is 79.3 Å². The number of carbonyl (C=O) groups is 1. The monoisotopic (exact) mass is 200 g/mol. The van der Waals surface area contributed by atoms with Crippen LogP contribution in [-0.2, 0) is 4.79 Å². The van der Waals surface area contributed by atoms with Crippen LogP contribution < -0.4 is 0 Å². The van der Waals surface area contributed by atoms with Crippen molar-refractivity contribution in [2.45, 2.75) is 0 Å². The van der Waals surface area contributed by atoms with Crippen molar-refractivity contribution in [3.63, 3.8) is 0 Å². The average Bonchev–Trinajstić information content (AvgIpc) is 2.09. The predicted molar refractivity (Wildman–Crippen MR) is 47.9 cm³/mol. The molecule has 0 bridgehead atoms. The molecule has 0 aliphatic rings. The minimum absolute atomic E-state index is 0.0540. The largest absolute Gasteiger partial charge is 0.478 e. The minimum Gasteiger partial charge on any atom is -0.478 e. The molecule has 0 fully saturated rings. The molecule has 0 aliphatic carbocycles. The molecule has 1 N–H and O–H groups in total. The van der Waals surface area contributed by atoms with E-state index in [0.717, 1.165) is 5.54 Å². The summed E-state index contributed by atoms with van der Waals surface area (Å²) in [5, 5.41) is 8.65. The predicted octanol–water partition coefficient (Wildman–Crippen LogP) is 2.49. The molecule has 0 spiro atoms. The van der Waals surface area contributed by atoms with Gasteiger partial charge in [0, 0.05) is 5.54 Å². The Morgan fingerprint density at radius 1 is 1.38 bits per heavy atom. The third kappa shape index (κ3) is 2.29. The van der Waals surface area contributed by atoms with Gasteiger partial charge in [0.15, 0.2) is 0 Å². The Balaban J connectivity index is 3.07. The van der Waals surface area contributed by atoms with E-state index in [1.807, 2.05) is 0 Å². The highest BCUT2D eigenvalue weighted by atomic mass is 35.5. The van der Waals surface area contributed by atoms with Crippen LogP contribution in [0.25, 0.3) is 5.57 Å². The highest BCUT2D eigenvalue weighted by Crippen LogP contribution is 2.15. The first kappa shape index (κ1) is 9.74. The Hall–Kier alpha value is -1.35. The van der Waals surface area contributed by atoms with Gasteiger partial charge < -0.3 is 5.11 Å². The molecule has 68 valence electrons. The molecule has 0 atom stereocenters. The number of rotatable bonds is 2. The lowest BCUT2D eigenvalue weighted by Crippen LogP contribution is -1.98. The number of hydrogen-bond donors (Lipinski definition) is 1. The summed E-state index contributed by atoms with van der Waals surface area (Å²) in [7, 11) is 0. The summed E-state index contributed by atoms with van der Waals surface area (Å²) in [6.45, 7) is 0. The van der Waals surface area contributed by atoms with Crippen molar-refractivity contribution in [2.24, 2.45) is 0 Å². The maximum Gasteiger partial charge on any atom is 0.337 e. The van der Waals surface area contributed by atoms with Gasteiger partial charge in [0.05, 0.1) is 5.57 Å². The molecule has 0 unspecified atom stereocenters. The van der Waals surface area contributed by atoms with Crippen LogP contribution in [0.2, 0.25) is 0 Å². The second-order valence-corrected chi connectivity index (χ2v) is 2.55. The minimum atomic E-state index is -1.14. The maximum atomic E-state index is 12.5. The lowest BCUT2D eigenvalue weighted by molar-refractivity contribution is -0.130. The second kappa shape index (κ2) is 4.05. The van der Waals surface area contributed by atoms with Gasteiger partial charge in [0.25, 0.3) is 0 Å². The van der Waals surface area contributed by atoms with Gasteiger partial charge in [-0.2, -0.15) is 0 Å². The summed E-state index contributed by atoms with van der Waals surface area (Å²) in [5.74, 6) is -1.55. The van der Waals surface area contributed by atoms with Gasteiger partial charge in [-0.15, -0.1) is 0 Å². The molecule has 2 nitrogen and oxygen atoms in total. The number of aliphatic carboxylic acids is 1. The normalized spacial score (nSPS) is 11.4. The third-order valence-electron chi connectivity index (χ3n) is 1.49. The molecule has 4 heteroatoms. The van der Waals surface area contributed by atoms with Gasteiger partial charge in [-0.25, -0.2) is 9.18 Å². The molecule has 0 saturated carbocycles. The topological polar surface area (TPSA) is 37.3 Å². The fourth-order valence-electron chi connectivity index (χ4n) is 0.863. The van der Waals surface area contributed by atoms with E-state index in [4.69, 9.17) is 16.7 Å². The van der Waals surface area contributed by atoms with Crippen LogP contribution in [0.1, 0.15) is 5.56 Å². The molecule has 0 aromatic heterocycles. The molecule has 13 heavy (non-hydrogen) atoms. The average molecular weight is 201 g/mol. The zero-order valence-corrected chi connectivity index (χ0v) is 7.25. The van der Waals surface area contributed by atoms with Gasteiger partial charge >= 0.3 is 5.97 Å². The van der Waals surface area contributed by atoms with E-state index in [0.29, 0.717) is 5.56 Å². The van der Waals surface area contributed by atoms with E-state index in [-0.39, 0.29) is 5.57 Å². The molecule has 0 radical (unpaired) electrons. The van der Waals surface area contributed by atoms with Gasteiger partial charge in [-0.3, -0.25) is 0 Å². The third-order valence-corrected chi connectivity index (χ3v) is 1.71. The smallest absolute Gasteiger partial charge is 0.337 e. The van der Waals surface area contributed by atoms with Crippen LogP contribution in [0.3, 0.4) is 0 Å². The van der Waals surface area contributed by atoms with Gasteiger partial charge in [-0.1, -0.05) is 23.7 Å². The summed E-state index contributed by atoms with van der Waals surface area (Å²) in [6.07, 6.45) is 0. The highest BCUT2D eigenvalue weighted by Gasteiger charge is 2.08. The first-order valence-corrected chi connectivity index (χ1v) is 3.88. The highest BCUT2D eigenvalue weighted by molar-refractivity contribution is 6.34. The Kier molecular flexibility index (Phi) is 3.03. The zero-order valence-electron chi connectivity index (χ0n) is 6.50. The molecule has 1 aromatic carbocycles. The van der Waals surface area contributed by atoms with Crippen molar-refractivity contribution < 1.29 is 14.3 Å². The van der Waals surface area contributed by atoms with Crippen LogP contribution in [0, 0.1) is 5.82 Å². The summed E-state index contributed by atoms with van der Waals surface area (Å²) in [4.78, 5) is 10.6. The summed E-state index contributed by atoms with van der Waals surface area (Å²) < 4.78 is 12.5. The quantitative estimate of drug-likeness (QED) is 0.745. The molecular weight excluding hydrogens is 195 g/mol. The summed E-state index contributed by atoms with van der Waals surface area (Å²) >= 11 is 5.30. The van der Waals surface area contributed by atoms with Crippen LogP contribution >= 0.6 is 11.6 Å². The van der Waals surface area contributed by atoms with E-state index < -0.39 is 11.8 Å².